The Kier molecular flexibility index (Phi) is 3.58. The summed E-state index contributed by atoms with van der Waals surface area (Å²) in [5, 5.41) is 4.63. The number of hydrogen-bond donors (Lipinski definition) is 1. The number of benzene rings is 1. The van der Waals surface area contributed by atoms with Gasteiger partial charge >= 0.3 is 0 Å². The highest BCUT2D eigenvalue weighted by atomic mass is 35.5. The van der Waals surface area contributed by atoms with Gasteiger partial charge in [0.25, 0.3) is 0 Å². The van der Waals surface area contributed by atoms with E-state index in [1.54, 1.807) is 6.34 Å². The fourth-order valence-electron chi connectivity index (χ4n) is 0.766. The van der Waals surface area contributed by atoms with Gasteiger partial charge in [-0.2, -0.15) is 5.10 Å². The maximum absolute atomic E-state index is 5.89. The van der Waals surface area contributed by atoms with Crippen molar-refractivity contribution in [2.45, 2.75) is 0 Å². The lowest BCUT2D eigenvalue weighted by atomic mass is 10.3. The molecular formula is C9H12ClN3. The van der Waals surface area contributed by atoms with Crippen molar-refractivity contribution in [2.75, 3.05) is 19.5 Å². The molecule has 70 valence electrons. The molecule has 3 nitrogen and oxygen atoms in total. The van der Waals surface area contributed by atoms with Crippen LogP contribution in [0, 0.1) is 0 Å². The topological polar surface area (TPSA) is 27.6 Å². The van der Waals surface area contributed by atoms with Crippen LogP contribution in [0.4, 0.5) is 5.69 Å². The molecular weight excluding hydrogens is 186 g/mol. The van der Waals surface area contributed by atoms with E-state index in [9.17, 15) is 0 Å². The van der Waals surface area contributed by atoms with Crippen molar-refractivity contribution in [1.29, 1.82) is 0 Å². The van der Waals surface area contributed by atoms with Gasteiger partial charge in [0.05, 0.1) is 10.7 Å². The molecule has 1 aromatic rings. The second-order valence-corrected chi connectivity index (χ2v) is 3.21. The molecule has 0 aliphatic heterocycles. The molecule has 0 aliphatic rings. The Morgan fingerprint density at radius 3 is 2.69 bits per heavy atom. The summed E-state index contributed by atoms with van der Waals surface area (Å²) in [7, 11) is 3.80. The van der Waals surface area contributed by atoms with Gasteiger partial charge in [0, 0.05) is 14.1 Å². The van der Waals surface area contributed by atoms with Crippen LogP contribution in [0.5, 0.6) is 0 Å². The summed E-state index contributed by atoms with van der Waals surface area (Å²) in [6, 6.07) is 7.47. The zero-order valence-corrected chi connectivity index (χ0v) is 8.42. The van der Waals surface area contributed by atoms with E-state index in [0.29, 0.717) is 5.02 Å². The van der Waals surface area contributed by atoms with E-state index in [1.165, 1.54) is 0 Å². The smallest absolute Gasteiger partial charge is 0.111 e. The third-order valence-electron chi connectivity index (χ3n) is 1.35. The Bertz CT molecular complexity index is 297. The first-order chi connectivity index (χ1) is 6.20. The van der Waals surface area contributed by atoms with Crippen molar-refractivity contribution in [3.8, 4) is 0 Å². The molecule has 0 fully saturated rings. The monoisotopic (exact) mass is 197 g/mol. The van der Waals surface area contributed by atoms with E-state index in [-0.39, 0.29) is 0 Å². The zero-order chi connectivity index (χ0) is 9.68. The Morgan fingerprint density at radius 2 is 2.08 bits per heavy atom. The maximum Gasteiger partial charge on any atom is 0.111 e. The number of para-hydroxylation sites is 1. The quantitative estimate of drug-likeness (QED) is 0.457. The molecule has 13 heavy (non-hydrogen) atoms. The number of hydrogen-bond acceptors (Lipinski definition) is 2. The highest BCUT2D eigenvalue weighted by Crippen LogP contribution is 2.19. The summed E-state index contributed by atoms with van der Waals surface area (Å²) >= 11 is 5.89. The van der Waals surface area contributed by atoms with Crippen LogP contribution in [0.1, 0.15) is 0 Å². The predicted molar refractivity (Wildman–Crippen MR) is 57.3 cm³/mol. The number of nitrogens with one attached hydrogen (secondary N) is 1. The van der Waals surface area contributed by atoms with Gasteiger partial charge in [-0.1, -0.05) is 23.7 Å². The lowest BCUT2D eigenvalue weighted by Gasteiger charge is -2.04. The molecule has 0 aromatic heterocycles. The largest absolute Gasteiger partial charge is 0.367 e. The first-order valence-electron chi connectivity index (χ1n) is 3.90. The second-order valence-electron chi connectivity index (χ2n) is 2.80. The molecule has 0 saturated carbocycles. The van der Waals surface area contributed by atoms with E-state index in [2.05, 4.69) is 10.5 Å². The number of rotatable bonds is 3. The van der Waals surface area contributed by atoms with Crippen molar-refractivity contribution in [1.82, 2.24) is 4.90 Å². The predicted octanol–water partition coefficient (Wildman–Crippen LogP) is 2.26. The van der Waals surface area contributed by atoms with Crippen LogP contribution in [-0.4, -0.2) is 25.3 Å². The van der Waals surface area contributed by atoms with Crippen LogP contribution < -0.4 is 5.43 Å². The Balaban J connectivity index is 2.59. The lowest BCUT2D eigenvalue weighted by Crippen LogP contribution is -2.09. The van der Waals surface area contributed by atoms with Crippen LogP contribution in [0.2, 0.25) is 5.02 Å². The molecule has 1 N–H and O–H groups in total. The molecule has 0 radical (unpaired) electrons. The second kappa shape index (κ2) is 4.72. The molecule has 0 amide bonds. The van der Waals surface area contributed by atoms with Crippen molar-refractivity contribution in [2.24, 2.45) is 5.10 Å². The van der Waals surface area contributed by atoms with Crippen LogP contribution in [0.25, 0.3) is 0 Å². The van der Waals surface area contributed by atoms with E-state index < -0.39 is 0 Å². The van der Waals surface area contributed by atoms with Crippen molar-refractivity contribution in [3.05, 3.63) is 29.3 Å². The Hall–Kier alpha value is -1.22. The molecule has 0 heterocycles. The minimum absolute atomic E-state index is 0.665. The molecule has 1 rings (SSSR count). The van der Waals surface area contributed by atoms with Gasteiger partial charge in [-0.15, -0.1) is 0 Å². The summed E-state index contributed by atoms with van der Waals surface area (Å²) in [6.45, 7) is 0. The molecule has 0 unspecified atom stereocenters. The van der Waals surface area contributed by atoms with Gasteiger partial charge in [-0.3, -0.25) is 5.43 Å². The molecule has 0 bridgehead atoms. The van der Waals surface area contributed by atoms with E-state index >= 15 is 0 Å². The number of nitrogens with zero attached hydrogens (tertiary/aromatic N) is 2. The van der Waals surface area contributed by atoms with Crippen molar-refractivity contribution < 1.29 is 0 Å². The van der Waals surface area contributed by atoms with Gasteiger partial charge in [-0.05, 0) is 12.1 Å². The van der Waals surface area contributed by atoms with Crippen molar-refractivity contribution in [3.63, 3.8) is 0 Å². The van der Waals surface area contributed by atoms with Crippen LogP contribution in [0.15, 0.2) is 29.4 Å². The molecule has 1 aromatic carbocycles. The van der Waals surface area contributed by atoms with E-state index in [1.807, 2.05) is 43.3 Å². The minimum Gasteiger partial charge on any atom is -0.367 e. The first-order valence-corrected chi connectivity index (χ1v) is 4.28. The fraction of sp³-hybridized carbons (Fsp3) is 0.222. The third-order valence-corrected chi connectivity index (χ3v) is 1.68. The summed E-state index contributed by atoms with van der Waals surface area (Å²) in [5.41, 5.74) is 3.65. The van der Waals surface area contributed by atoms with Crippen LogP contribution in [0.3, 0.4) is 0 Å². The summed E-state index contributed by atoms with van der Waals surface area (Å²) in [6.07, 6.45) is 1.67. The third kappa shape index (κ3) is 3.34. The fourth-order valence-corrected chi connectivity index (χ4v) is 0.944. The van der Waals surface area contributed by atoms with Crippen molar-refractivity contribution >= 4 is 23.6 Å². The van der Waals surface area contributed by atoms with Gasteiger partial charge in [-0.25, -0.2) is 0 Å². The summed E-state index contributed by atoms with van der Waals surface area (Å²) < 4.78 is 0. The minimum atomic E-state index is 0.665. The zero-order valence-electron chi connectivity index (χ0n) is 7.66. The summed E-state index contributed by atoms with van der Waals surface area (Å²) in [5.74, 6) is 0. The Morgan fingerprint density at radius 1 is 1.38 bits per heavy atom. The number of anilines is 1. The number of hydrazone groups is 1. The standard InChI is InChI=1S/C9H12ClN3/c1-13(2)7-11-12-9-6-4-3-5-8(9)10/h3-7,12H,1-2H3/b11-7+. The average Bonchev–Trinajstić information content (AvgIpc) is 2.08. The van der Waals surface area contributed by atoms with E-state index in [0.717, 1.165) is 5.69 Å². The normalized spacial score (nSPS) is 10.4. The Labute approximate surface area is 83.0 Å². The molecule has 0 atom stereocenters. The number of halogens is 1. The average molecular weight is 198 g/mol. The van der Waals surface area contributed by atoms with E-state index in [4.69, 9.17) is 11.6 Å². The first kappa shape index (κ1) is 9.86. The van der Waals surface area contributed by atoms with Crippen LogP contribution >= 0.6 is 11.6 Å². The molecule has 0 aliphatic carbocycles. The molecule has 0 spiro atoms. The highest BCUT2D eigenvalue weighted by molar-refractivity contribution is 6.33. The molecule has 0 saturated heterocycles. The van der Waals surface area contributed by atoms with Crippen LogP contribution in [-0.2, 0) is 0 Å². The SMILES string of the molecule is CN(C)/C=N/Nc1ccccc1Cl. The van der Waals surface area contributed by atoms with Gasteiger partial charge in [0.15, 0.2) is 0 Å². The molecule has 4 heteroatoms. The highest BCUT2D eigenvalue weighted by Gasteiger charge is 1.94. The van der Waals surface area contributed by atoms with Gasteiger partial charge < -0.3 is 4.90 Å². The lowest BCUT2D eigenvalue weighted by molar-refractivity contribution is 0.641. The summed E-state index contributed by atoms with van der Waals surface area (Å²) in [4.78, 5) is 1.84. The maximum atomic E-state index is 5.89. The van der Waals surface area contributed by atoms with Gasteiger partial charge in [0.2, 0.25) is 0 Å². The van der Waals surface area contributed by atoms with Gasteiger partial charge in [0.1, 0.15) is 6.34 Å².